The molecule has 1 unspecified atom stereocenters. The number of amides is 1. The molecule has 7 heteroatoms. The van der Waals surface area contributed by atoms with Crippen LogP contribution in [0.1, 0.15) is 30.6 Å². The van der Waals surface area contributed by atoms with Gasteiger partial charge < -0.3 is 15.7 Å². The number of aliphatic hydroxyl groups is 1. The molecule has 0 aliphatic carbocycles. The second-order valence-electron chi connectivity index (χ2n) is 6.08. The maximum atomic E-state index is 14.5. The van der Waals surface area contributed by atoms with E-state index in [9.17, 15) is 14.3 Å². The first kappa shape index (κ1) is 17.0. The number of aryl methyl sites for hydroxylation is 1. The van der Waals surface area contributed by atoms with Gasteiger partial charge in [0.05, 0.1) is 34.3 Å². The topological polar surface area (TPSA) is 74.2 Å². The van der Waals surface area contributed by atoms with E-state index in [1.807, 2.05) is 13.0 Å². The molecule has 128 valence electrons. The lowest BCUT2D eigenvalue weighted by Gasteiger charge is -2.18. The molecule has 2 heterocycles. The number of hydrogen-bond donors (Lipinski definition) is 3. The fraction of sp³-hybridized carbons (Fsp3) is 0.412. The zero-order chi connectivity index (χ0) is 17.3. The van der Waals surface area contributed by atoms with E-state index in [-0.39, 0.29) is 11.7 Å². The molecule has 1 fully saturated rings. The van der Waals surface area contributed by atoms with E-state index in [0.717, 1.165) is 16.1 Å². The summed E-state index contributed by atoms with van der Waals surface area (Å²) >= 11 is 1.47. The van der Waals surface area contributed by atoms with E-state index < -0.39 is 18.2 Å². The third-order valence-electron chi connectivity index (χ3n) is 4.26. The van der Waals surface area contributed by atoms with Crippen molar-refractivity contribution in [2.75, 3.05) is 6.54 Å². The van der Waals surface area contributed by atoms with Crippen LogP contribution in [0.4, 0.5) is 4.39 Å². The van der Waals surface area contributed by atoms with E-state index in [4.69, 9.17) is 0 Å². The molecule has 0 saturated carbocycles. The van der Waals surface area contributed by atoms with E-state index in [2.05, 4.69) is 15.6 Å². The Balaban J connectivity index is 1.72. The number of rotatable bonds is 4. The van der Waals surface area contributed by atoms with Crippen molar-refractivity contribution in [2.24, 2.45) is 0 Å². The number of nitrogens with zero attached hydrogens (tertiary/aromatic N) is 1. The Morgan fingerprint density at radius 1 is 1.54 bits per heavy atom. The summed E-state index contributed by atoms with van der Waals surface area (Å²) in [5, 5.41) is 15.2. The highest BCUT2D eigenvalue weighted by atomic mass is 32.1. The van der Waals surface area contributed by atoms with Crippen LogP contribution < -0.4 is 10.6 Å². The highest BCUT2D eigenvalue weighted by molar-refractivity contribution is 7.13. The molecule has 1 aromatic heterocycles. The first-order valence-electron chi connectivity index (χ1n) is 7.87. The SMILES string of the molecule is Cc1ncsc1-c1ccc(C(C)NC(=O)[C@@H]2C[C@@H](O)CN2)c(F)c1. The quantitative estimate of drug-likeness (QED) is 0.791. The van der Waals surface area contributed by atoms with Crippen LogP contribution in [0.5, 0.6) is 0 Å². The van der Waals surface area contributed by atoms with Gasteiger partial charge >= 0.3 is 0 Å². The van der Waals surface area contributed by atoms with Crippen molar-refractivity contribution >= 4 is 17.2 Å². The zero-order valence-electron chi connectivity index (χ0n) is 13.5. The van der Waals surface area contributed by atoms with Crippen LogP contribution in [-0.4, -0.2) is 34.7 Å². The first-order valence-corrected chi connectivity index (χ1v) is 8.75. The van der Waals surface area contributed by atoms with Crippen molar-refractivity contribution in [3.63, 3.8) is 0 Å². The average Bonchev–Trinajstić information content (AvgIpc) is 3.15. The molecular formula is C17H20FN3O2S. The van der Waals surface area contributed by atoms with Gasteiger partial charge in [0.2, 0.25) is 5.91 Å². The molecule has 1 aliphatic heterocycles. The Labute approximate surface area is 143 Å². The summed E-state index contributed by atoms with van der Waals surface area (Å²) in [6.45, 7) is 4.05. The Bertz CT molecular complexity index is 749. The van der Waals surface area contributed by atoms with Gasteiger partial charge in [-0.2, -0.15) is 0 Å². The number of carbonyl (C=O) groups is 1. The van der Waals surface area contributed by atoms with Gasteiger partial charge in [-0.15, -0.1) is 11.3 Å². The molecule has 5 nitrogen and oxygen atoms in total. The van der Waals surface area contributed by atoms with Crippen LogP contribution in [0.2, 0.25) is 0 Å². The molecule has 3 atom stereocenters. The van der Waals surface area contributed by atoms with Crippen molar-refractivity contribution in [3.8, 4) is 10.4 Å². The summed E-state index contributed by atoms with van der Waals surface area (Å²) in [5.41, 5.74) is 3.84. The van der Waals surface area contributed by atoms with Crippen molar-refractivity contribution in [1.82, 2.24) is 15.6 Å². The third kappa shape index (κ3) is 3.48. The molecule has 0 radical (unpaired) electrons. The molecular weight excluding hydrogens is 329 g/mol. The predicted octanol–water partition coefficient (Wildman–Crippen LogP) is 2.16. The monoisotopic (exact) mass is 349 g/mol. The van der Waals surface area contributed by atoms with Crippen molar-refractivity contribution in [1.29, 1.82) is 0 Å². The van der Waals surface area contributed by atoms with Crippen LogP contribution in [0.15, 0.2) is 23.7 Å². The van der Waals surface area contributed by atoms with Crippen LogP contribution in [0.3, 0.4) is 0 Å². The van der Waals surface area contributed by atoms with Gasteiger partial charge in [0.15, 0.2) is 0 Å². The van der Waals surface area contributed by atoms with E-state index in [1.165, 1.54) is 17.4 Å². The fourth-order valence-corrected chi connectivity index (χ4v) is 3.71. The molecule has 1 aromatic carbocycles. The number of aliphatic hydroxyl groups excluding tert-OH is 1. The lowest BCUT2D eigenvalue weighted by Crippen LogP contribution is -2.41. The largest absolute Gasteiger partial charge is 0.392 e. The molecule has 3 N–H and O–H groups in total. The van der Waals surface area contributed by atoms with Crippen molar-refractivity contribution in [3.05, 3.63) is 40.8 Å². The van der Waals surface area contributed by atoms with Gasteiger partial charge in [-0.1, -0.05) is 12.1 Å². The van der Waals surface area contributed by atoms with Gasteiger partial charge in [0.25, 0.3) is 0 Å². The number of benzene rings is 1. The second kappa shape index (κ2) is 6.96. The number of thiazole rings is 1. The highest BCUT2D eigenvalue weighted by Gasteiger charge is 2.29. The Morgan fingerprint density at radius 2 is 2.33 bits per heavy atom. The maximum Gasteiger partial charge on any atom is 0.237 e. The van der Waals surface area contributed by atoms with Crippen LogP contribution in [0, 0.1) is 12.7 Å². The lowest BCUT2D eigenvalue weighted by atomic mass is 10.0. The predicted molar refractivity (Wildman–Crippen MR) is 91.2 cm³/mol. The van der Waals surface area contributed by atoms with Crippen molar-refractivity contribution < 1.29 is 14.3 Å². The first-order chi connectivity index (χ1) is 11.5. The lowest BCUT2D eigenvalue weighted by molar-refractivity contribution is -0.123. The normalized spacial score (nSPS) is 21.7. The Kier molecular flexibility index (Phi) is 4.93. The van der Waals surface area contributed by atoms with Crippen molar-refractivity contribution in [2.45, 2.75) is 38.5 Å². The van der Waals surface area contributed by atoms with E-state index in [1.54, 1.807) is 18.5 Å². The van der Waals surface area contributed by atoms with Crippen LogP contribution >= 0.6 is 11.3 Å². The molecule has 1 aliphatic rings. The molecule has 3 rings (SSSR count). The summed E-state index contributed by atoms with van der Waals surface area (Å²) in [6.07, 6.45) is -0.125. The number of halogens is 1. The third-order valence-corrected chi connectivity index (χ3v) is 5.24. The van der Waals surface area contributed by atoms with Gasteiger partial charge in [-0.25, -0.2) is 9.37 Å². The number of hydrogen-bond acceptors (Lipinski definition) is 5. The van der Waals surface area contributed by atoms with Gasteiger partial charge in [0, 0.05) is 12.1 Å². The van der Waals surface area contributed by atoms with Gasteiger partial charge in [-0.3, -0.25) is 4.79 Å². The summed E-state index contributed by atoms with van der Waals surface area (Å²) in [6, 6.07) is 4.15. The minimum absolute atomic E-state index is 0.221. The minimum atomic E-state index is -0.505. The molecule has 2 aromatic rings. The average molecular weight is 349 g/mol. The van der Waals surface area contributed by atoms with Crippen LogP contribution in [0.25, 0.3) is 10.4 Å². The molecule has 1 amide bonds. The number of β-amino-alcohol motifs (C(OH)–C–C–N with tert-alkyl or cyclic N) is 1. The summed E-state index contributed by atoms with van der Waals surface area (Å²) in [7, 11) is 0. The van der Waals surface area contributed by atoms with Gasteiger partial charge in [0.1, 0.15) is 5.82 Å². The van der Waals surface area contributed by atoms with Gasteiger partial charge in [-0.05, 0) is 31.9 Å². The summed E-state index contributed by atoms with van der Waals surface area (Å²) < 4.78 is 14.5. The summed E-state index contributed by atoms with van der Waals surface area (Å²) in [4.78, 5) is 17.3. The van der Waals surface area contributed by atoms with Crippen LogP contribution in [-0.2, 0) is 4.79 Å². The highest BCUT2D eigenvalue weighted by Crippen LogP contribution is 2.30. The molecule has 0 spiro atoms. The second-order valence-corrected chi connectivity index (χ2v) is 6.94. The smallest absolute Gasteiger partial charge is 0.237 e. The molecule has 1 saturated heterocycles. The van der Waals surface area contributed by atoms with E-state index in [0.29, 0.717) is 18.5 Å². The Hall–Kier alpha value is -1.83. The fourth-order valence-electron chi connectivity index (χ4n) is 2.91. The minimum Gasteiger partial charge on any atom is -0.392 e. The molecule has 0 bridgehead atoms. The van der Waals surface area contributed by atoms with E-state index >= 15 is 0 Å². The number of aromatic nitrogens is 1. The Morgan fingerprint density at radius 3 is 2.92 bits per heavy atom. The standard InChI is InChI=1S/C17H20FN3O2S/c1-9(21-17(23)15-6-12(22)7-19-15)13-4-3-11(5-14(13)18)16-10(2)20-8-24-16/h3-5,8-9,12,15,19,22H,6-7H2,1-2H3,(H,21,23)/t9?,12-,15+/m1/s1. The summed E-state index contributed by atoms with van der Waals surface area (Å²) in [5.74, 6) is -0.576. The number of carbonyl (C=O) groups excluding carboxylic acids is 1. The molecule has 24 heavy (non-hydrogen) atoms. The maximum absolute atomic E-state index is 14.5. The zero-order valence-corrected chi connectivity index (χ0v) is 14.4. The number of nitrogens with one attached hydrogen (secondary N) is 2.